The molecule has 3 aromatic rings. The van der Waals surface area contributed by atoms with Crippen molar-refractivity contribution in [1.29, 1.82) is 0 Å². The zero-order chi connectivity index (χ0) is 20.6. The molecule has 8 heteroatoms. The van der Waals surface area contributed by atoms with Crippen LogP contribution < -0.4 is 9.03 Å². The zero-order valence-corrected chi connectivity index (χ0v) is 17.4. The van der Waals surface area contributed by atoms with E-state index in [2.05, 4.69) is 4.72 Å². The maximum atomic E-state index is 13.0. The van der Waals surface area contributed by atoms with Crippen molar-refractivity contribution in [3.63, 3.8) is 0 Å². The van der Waals surface area contributed by atoms with Crippen molar-refractivity contribution in [2.45, 2.75) is 23.1 Å². The van der Waals surface area contributed by atoms with Crippen LogP contribution in [0, 0.1) is 6.92 Å². The van der Waals surface area contributed by atoms with Gasteiger partial charge in [0.15, 0.2) is 0 Å². The maximum absolute atomic E-state index is 13.0. The van der Waals surface area contributed by atoms with Crippen LogP contribution >= 0.6 is 0 Å². The highest BCUT2D eigenvalue weighted by atomic mass is 32.2. The molecule has 1 heterocycles. The Morgan fingerprint density at radius 2 is 1.41 bits per heavy atom. The number of nitrogens with zero attached hydrogens (tertiary/aromatic N) is 1. The second-order valence-corrected chi connectivity index (χ2v) is 10.4. The summed E-state index contributed by atoms with van der Waals surface area (Å²) in [6.07, 6.45) is 0.670. The minimum Gasteiger partial charge on any atom is -0.280 e. The molecular weight excluding hydrogens is 408 g/mol. The lowest BCUT2D eigenvalue weighted by atomic mass is 10.2. The summed E-state index contributed by atoms with van der Waals surface area (Å²) in [6.45, 7) is 2.27. The van der Waals surface area contributed by atoms with Gasteiger partial charge >= 0.3 is 0 Å². The van der Waals surface area contributed by atoms with Crippen LogP contribution in [0.3, 0.4) is 0 Å². The smallest absolute Gasteiger partial charge is 0.264 e. The molecule has 0 saturated heterocycles. The van der Waals surface area contributed by atoms with Crippen molar-refractivity contribution in [3.05, 3.63) is 83.9 Å². The summed E-state index contributed by atoms with van der Waals surface area (Å²) in [5, 5.41) is 0. The average molecular weight is 429 g/mol. The summed E-state index contributed by atoms with van der Waals surface area (Å²) >= 11 is 0. The molecule has 0 atom stereocenters. The van der Waals surface area contributed by atoms with Crippen LogP contribution in [-0.2, 0) is 26.5 Å². The van der Waals surface area contributed by atoms with Crippen LogP contribution in [0.15, 0.2) is 82.6 Å². The van der Waals surface area contributed by atoms with Gasteiger partial charge in [0.25, 0.3) is 20.0 Å². The zero-order valence-electron chi connectivity index (χ0n) is 15.7. The van der Waals surface area contributed by atoms with Gasteiger partial charge in [-0.2, -0.15) is 0 Å². The molecule has 0 radical (unpaired) electrons. The molecule has 0 saturated carbocycles. The van der Waals surface area contributed by atoms with Gasteiger partial charge in [-0.1, -0.05) is 35.9 Å². The first kappa shape index (κ1) is 19.5. The molecule has 0 unspecified atom stereocenters. The predicted molar refractivity (Wildman–Crippen MR) is 113 cm³/mol. The van der Waals surface area contributed by atoms with E-state index in [4.69, 9.17) is 0 Å². The Bertz CT molecular complexity index is 1250. The van der Waals surface area contributed by atoms with Crippen LogP contribution in [0.4, 0.5) is 11.4 Å². The molecule has 0 aliphatic carbocycles. The fraction of sp³-hybridized carbons (Fsp3) is 0.143. The number of fused-ring (bicyclic) bond motifs is 1. The van der Waals surface area contributed by atoms with Gasteiger partial charge in [0.2, 0.25) is 0 Å². The molecule has 0 bridgehead atoms. The normalized spacial score (nSPS) is 13.9. The van der Waals surface area contributed by atoms with Crippen molar-refractivity contribution < 1.29 is 16.8 Å². The molecule has 29 heavy (non-hydrogen) atoms. The lowest BCUT2D eigenvalue weighted by molar-refractivity contribution is 0.592. The highest BCUT2D eigenvalue weighted by molar-refractivity contribution is 7.93. The topological polar surface area (TPSA) is 83.5 Å². The largest absolute Gasteiger partial charge is 0.280 e. The first-order valence-corrected chi connectivity index (χ1v) is 12.0. The van der Waals surface area contributed by atoms with Gasteiger partial charge in [0.1, 0.15) is 0 Å². The van der Waals surface area contributed by atoms with E-state index in [1.807, 2.05) is 25.1 Å². The minimum absolute atomic E-state index is 0.118. The Balaban J connectivity index is 1.57. The number of aryl methyl sites for hydroxylation is 1. The van der Waals surface area contributed by atoms with Crippen molar-refractivity contribution >= 4 is 31.4 Å². The van der Waals surface area contributed by atoms with E-state index in [1.54, 1.807) is 18.2 Å². The number of benzene rings is 3. The van der Waals surface area contributed by atoms with E-state index in [0.29, 0.717) is 24.3 Å². The summed E-state index contributed by atoms with van der Waals surface area (Å²) in [4.78, 5) is 0.265. The molecule has 0 fully saturated rings. The molecule has 1 N–H and O–H groups in total. The maximum Gasteiger partial charge on any atom is 0.264 e. The molecular formula is C21H20N2O4S2. The molecule has 3 aromatic carbocycles. The van der Waals surface area contributed by atoms with E-state index in [1.165, 1.54) is 40.7 Å². The Morgan fingerprint density at radius 1 is 0.793 bits per heavy atom. The Hall–Kier alpha value is -2.84. The summed E-state index contributed by atoms with van der Waals surface area (Å²) in [7, 11) is -7.46. The molecule has 0 amide bonds. The Labute approximate surface area is 170 Å². The van der Waals surface area contributed by atoms with Crippen molar-refractivity contribution in [2.75, 3.05) is 15.6 Å². The van der Waals surface area contributed by atoms with E-state index < -0.39 is 20.0 Å². The van der Waals surface area contributed by atoms with Gasteiger partial charge in [-0.15, -0.1) is 0 Å². The summed E-state index contributed by atoms with van der Waals surface area (Å²) in [5.41, 5.74) is 2.95. The summed E-state index contributed by atoms with van der Waals surface area (Å²) < 4.78 is 55.0. The van der Waals surface area contributed by atoms with Crippen molar-refractivity contribution in [1.82, 2.24) is 0 Å². The number of nitrogens with one attached hydrogen (secondary N) is 1. The minimum atomic E-state index is -3.74. The lowest BCUT2D eigenvalue weighted by Crippen LogP contribution is -2.29. The van der Waals surface area contributed by atoms with Gasteiger partial charge in [0.05, 0.1) is 15.5 Å². The number of hydrogen-bond donors (Lipinski definition) is 1. The second kappa shape index (κ2) is 7.20. The van der Waals surface area contributed by atoms with Crippen LogP contribution in [0.5, 0.6) is 0 Å². The molecule has 6 nitrogen and oxygen atoms in total. The van der Waals surface area contributed by atoms with E-state index in [-0.39, 0.29) is 9.79 Å². The van der Waals surface area contributed by atoms with E-state index in [0.717, 1.165) is 11.1 Å². The first-order valence-electron chi connectivity index (χ1n) is 9.08. The number of hydrogen-bond acceptors (Lipinski definition) is 4. The first-order chi connectivity index (χ1) is 13.8. The SMILES string of the molecule is Cc1ccc(S(=O)(=O)Nc2ccc(S(=O)(=O)N3CCc4ccccc43)cc2)cc1. The van der Waals surface area contributed by atoms with Crippen LogP contribution in [0.1, 0.15) is 11.1 Å². The van der Waals surface area contributed by atoms with Crippen LogP contribution in [-0.4, -0.2) is 23.4 Å². The monoisotopic (exact) mass is 428 g/mol. The number of rotatable bonds is 5. The van der Waals surface area contributed by atoms with Crippen molar-refractivity contribution in [3.8, 4) is 0 Å². The van der Waals surface area contributed by atoms with Gasteiger partial charge < -0.3 is 0 Å². The van der Waals surface area contributed by atoms with Gasteiger partial charge in [-0.3, -0.25) is 9.03 Å². The molecule has 4 rings (SSSR count). The van der Waals surface area contributed by atoms with E-state index in [9.17, 15) is 16.8 Å². The highest BCUT2D eigenvalue weighted by Crippen LogP contribution is 2.33. The number of para-hydroxylation sites is 1. The highest BCUT2D eigenvalue weighted by Gasteiger charge is 2.30. The molecule has 0 aromatic heterocycles. The standard InChI is InChI=1S/C21H20N2O4S2/c1-16-6-10-19(11-7-16)28(24,25)22-18-8-12-20(13-9-18)29(26,27)23-15-14-17-4-2-3-5-21(17)23/h2-13,22H,14-15H2,1H3. The fourth-order valence-electron chi connectivity index (χ4n) is 3.31. The molecule has 1 aliphatic rings. The second-order valence-electron chi connectivity index (χ2n) is 6.90. The van der Waals surface area contributed by atoms with Gasteiger partial charge in [-0.05, 0) is 61.4 Å². The van der Waals surface area contributed by atoms with Crippen LogP contribution in [0.25, 0.3) is 0 Å². The summed E-state index contributed by atoms with van der Waals surface area (Å²) in [5.74, 6) is 0. The Kier molecular flexibility index (Phi) is 4.84. The molecule has 1 aliphatic heterocycles. The fourth-order valence-corrected chi connectivity index (χ4v) is 5.87. The van der Waals surface area contributed by atoms with Crippen molar-refractivity contribution in [2.24, 2.45) is 0 Å². The van der Waals surface area contributed by atoms with Gasteiger partial charge in [-0.25, -0.2) is 16.8 Å². The quantitative estimate of drug-likeness (QED) is 0.674. The molecule has 150 valence electrons. The van der Waals surface area contributed by atoms with Gasteiger partial charge in [0, 0.05) is 12.2 Å². The third-order valence-corrected chi connectivity index (χ3v) is 8.09. The number of anilines is 2. The number of sulfonamides is 2. The molecule has 0 spiro atoms. The summed E-state index contributed by atoms with van der Waals surface area (Å²) in [6, 6.07) is 19.7. The lowest BCUT2D eigenvalue weighted by Gasteiger charge is -2.19. The third-order valence-electron chi connectivity index (χ3n) is 4.87. The van der Waals surface area contributed by atoms with Crippen LogP contribution in [0.2, 0.25) is 0 Å². The average Bonchev–Trinajstić information content (AvgIpc) is 3.13. The van der Waals surface area contributed by atoms with E-state index >= 15 is 0 Å². The predicted octanol–water partition coefficient (Wildman–Crippen LogP) is 3.55. The Morgan fingerprint density at radius 3 is 2.10 bits per heavy atom. The third kappa shape index (κ3) is 3.73.